The minimum atomic E-state index is -3.43. The van der Waals surface area contributed by atoms with Crippen LogP contribution in [-0.2, 0) is 21.9 Å². The fourth-order valence-electron chi connectivity index (χ4n) is 2.98. The smallest absolute Gasteiger partial charge is 0.244 e. The van der Waals surface area contributed by atoms with Crippen LogP contribution in [0.2, 0.25) is 0 Å². The van der Waals surface area contributed by atoms with Crippen molar-refractivity contribution in [1.82, 2.24) is 13.8 Å². The van der Waals surface area contributed by atoms with Gasteiger partial charge in [0, 0.05) is 64.3 Å². The Morgan fingerprint density at radius 3 is 2.38 bits per heavy atom. The first kappa shape index (κ1) is 18.6. The fraction of sp³-hybridized carbons (Fsp3) is 0.389. The standard InChI is InChI=1S/C18H24N4O3S/c1-20-9-7-17(15-20)26(24,25)22-13-11-21(12-14-22)10-8-18(23)19-16-5-3-2-4-6-16/h2-7,9,15H,8,10-14H2,1H3,(H,19,23). The van der Waals surface area contributed by atoms with Gasteiger partial charge in [-0.1, -0.05) is 18.2 Å². The van der Waals surface area contributed by atoms with Gasteiger partial charge in [0.2, 0.25) is 15.9 Å². The van der Waals surface area contributed by atoms with Crippen molar-refractivity contribution < 1.29 is 13.2 Å². The van der Waals surface area contributed by atoms with Gasteiger partial charge >= 0.3 is 0 Å². The number of amides is 1. The van der Waals surface area contributed by atoms with Gasteiger partial charge in [-0.05, 0) is 18.2 Å². The number of hydrogen-bond donors (Lipinski definition) is 1. The minimum absolute atomic E-state index is 0.0319. The molecule has 7 nitrogen and oxygen atoms in total. The number of carbonyl (C=O) groups is 1. The van der Waals surface area contributed by atoms with Gasteiger partial charge < -0.3 is 14.8 Å². The highest BCUT2D eigenvalue weighted by Gasteiger charge is 2.28. The molecule has 3 rings (SSSR count). The van der Waals surface area contributed by atoms with E-state index in [1.54, 1.807) is 30.1 Å². The van der Waals surface area contributed by atoms with Crippen LogP contribution in [0.15, 0.2) is 53.7 Å². The van der Waals surface area contributed by atoms with Crippen LogP contribution in [0.4, 0.5) is 5.69 Å². The summed E-state index contributed by atoms with van der Waals surface area (Å²) in [6, 6.07) is 11.0. The number of piperazine rings is 1. The summed E-state index contributed by atoms with van der Waals surface area (Å²) in [4.78, 5) is 14.5. The molecule has 2 aromatic rings. The molecule has 140 valence electrons. The van der Waals surface area contributed by atoms with E-state index in [1.165, 1.54) is 4.31 Å². The average molecular weight is 376 g/mol. The van der Waals surface area contributed by atoms with E-state index >= 15 is 0 Å². The van der Waals surface area contributed by atoms with Crippen LogP contribution in [0, 0.1) is 0 Å². The molecule has 1 aliphatic heterocycles. The SMILES string of the molecule is Cn1ccc(S(=O)(=O)N2CCN(CCC(=O)Nc3ccccc3)CC2)c1. The molecule has 0 radical (unpaired) electrons. The lowest BCUT2D eigenvalue weighted by Gasteiger charge is -2.33. The Balaban J connectivity index is 1.46. The molecule has 0 unspecified atom stereocenters. The number of benzene rings is 1. The Morgan fingerprint density at radius 1 is 1.08 bits per heavy atom. The average Bonchev–Trinajstić information content (AvgIpc) is 3.08. The summed E-state index contributed by atoms with van der Waals surface area (Å²) < 4.78 is 28.5. The van der Waals surface area contributed by atoms with E-state index in [1.807, 2.05) is 30.3 Å². The molecule has 0 atom stereocenters. The van der Waals surface area contributed by atoms with Crippen molar-refractivity contribution in [2.75, 3.05) is 38.0 Å². The third-order valence-electron chi connectivity index (χ3n) is 4.49. The van der Waals surface area contributed by atoms with E-state index in [0.717, 1.165) is 5.69 Å². The lowest BCUT2D eigenvalue weighted by Crippen LogP contribution is -2.49. The molecule has 0 aliphatic carbocycles. The second kappa shape index (κ2) is 8.03. The molecule has 1 aromatic carbocycles. The molecule has 1 aromatic heterocycles. The maximum Gasteiger partial charge on any atom is 0.244 e. The molecular weight excluding hydrogens is 352 g/mol. The number of rotatable bonds is 6. The predicted octanol–water partition coefficient (Wildman–Crippen LogP) is 1.36. The number of carbonyl (C=O) groups excluding carboxylic acids is 1. The predicted molar refractivity (Wildman–Crippen MR) is 100 cm³/mol. The largest absolute Gasteiger partial charge is 0.356 e. The molecule has 1 amide bonds. The van der Waals surface area contributed by atoms with Gasteiger partial charge in [-0.15, -0.1) is 0 Å². The molecule has 1 aliphatic rings. The Labute approximate surface area is 154 Å². The van der Waals surface area contributed by atoms with E-state index in [9.17, 15) is 13.2 Å². The maximum atomic E-state index is 12.6. The molecule has 0 saturated carbocycles. The van der Waals surface area contributed by atoms with Crippen LogP contribution in [0.25, 0.3) is 0 Å². The first-order valence-electron chi connectivity index (χ1n) is 8.64. The second-order valence-corrected chi connectivity index (χ2v) is 8.36. The van der Waals surface area contributed by atoms with Gasteiger partial charge in [0.15, 0.2) is 0 Å². The first-order chi connectivity index (χ1) is 12.4. The molecule has 8 heteroatoms. The van der Waals surface area contributed by atoms with E-state index in [4.69, 9.17) is 0 Å². The lowest BCUT2D eigenvalue weighted by atomic mass is 10.3. The Kier molecular flexibility index (Phi) is 5.75. The van der Waals surface area contributed by atoms with Crippen molar-refractivity contribution in [2.45, 2.75) is 11.3 Å². The van der Waals surface area contributed by atoms with Crippen LogP contribution >= 0.6 is 0 Å². The lowest BCUT2D eigenvalue weighted by molar-refractivity contribution is -0.116. The second-order valence-electron chi connectivity index (χ2n) is 6.42. The Morgan fingerprint density at radius 2 is 1.77 bits per heavy atom. The number of nitrogens with one attached hydrogen (secondary N) is 1. The van der Waals surface area contributed by atoms with Crippen LogP contribution in [0.3, 0.4) is 0 Å². The van der Waals surface area contributed by atoms with Gasteiger partial charge in [0.1, 0.15) is 0 Å². The normalized spacial score (nSPS) is 16.5. The van der Waals surface area contributed by atoms with E-state index < -0.39 is 10.0 Å². The number of aryl methyl sites for hydroxylation is 1. The third kappa shape index (κ3) is 4.51. The Hall–Kier alpha value is -2.16. The van der Waals surface area contributed by atoms with Crippen molar-refractivity contribution >= 4 is 21.6 Å². The molecular formula is C18H24N4O3S. The van der Waals surface area contributed by atoms with Crippen LogP contribution < -0.4 is 5.32 Å². The van der Waals surface area contributed by atoms with E-state index in [2.05, 4.69) is 10.2 Å². The molecule has 2 heterocycles. The Bertz CT molecular complexity index is 840. The van der Waals surface area contributed by atoms with Crippen molar-refractivity contribution in [3.05, 3.63) is 48.8 Å². The molecule has 1 N–H and O–H groups in total. The number of hydrogen-bond acceptors (Lipinski definition) is 4. The fourth-order valence-corrected chi connectivity index (χ4v) is 4.45. The van der Waals surface area contributed by atoms with Crippen LogP contribution in [0.5, 0.6) is 0 Å². The summed E-state index contributed by atoms with van der Waals surface area (Å²) in [5, 5.41) is 2.86. The first-order valence-corrected chi connectivity index (χ1v) is 10.1. The number of nitrogens with zero attached hydrogens (tertiary/aromatic N) is 3. The van der Waals surface area contributed by atoms with Gasteiger partial charge in [0.05, 0.1) is 4.90 Å². The number of aromatic nitrogens is 1. The summed E-state index contributed by atoms with van der Waals surface area (Å²) in [5.41, 5.74) is 0.788. The zero-order valence-electron chi connectivity index (χ0n) is 14.8. The van der Waals surface area contributed by atoms with Gasteiger partial charge in [-0.3, -0.25) is 4.79 Å². The highest BCUT2D eigenvalue weighted by Crippen LogP contribution is 2.17. The zero-order chi connectivity index (χ0) is 18.6. The van der Waals surface area contributed by atoms with Crippen molar-refractivity contribution in [1.29, 1.82) is 0 Å². The highest BCUT2D eigenvalue weighted by molar-refractivity contribution is 7.89. The van der Waals surface area contributed by atoms with Gasteiger partial charge in [0.25, 0.3) is 0 Å². The molecule has 1 saturated heterocycles. The summed E-state index contributed by atoms with van der Waals surface area (Å²) in [6.07, 6.45) is 3.74. The van der Waals surface area contributed by atoms with Gasteiger partial charge in [-0.2, -0.15) is 4.31 Å². The highest BCUT2D eigenvalue weighted by atomic mass is 32.2. The number of anilines is 1. The molecule has 26 heavy (non-hydrogen) atoms. The maximum absolute atomic E-state index is 12.6. The number of para-hydroxylation sites is 1. The van der Waals surface area contributed by atoms with Crippen molar-refractivity contribution in [3.63, 3.8) is 0 Å². The van der Waals surface area contributed by atoms with E-state index in [0.29, 0.717) is 44.0 Å². The van der Waals surface area contributed by atoms with Crippen molar-refractivity contribution in [2.24, 2.45) is 7.05 Å². The zero-order valence-corrected chi connectivity index (χ0v) is 15.7. The van der Waals surface area contributed by atoms with Gasteiger partial charge in [-0.25, -0.2) is 8.42 Å². The quantitative estimate of drug-likeness (QED) is 0.826. The molecule has 1 fully saturated rings. The summed E-state index contributed by atoms with van der Waals surface area (Å²) in [5.74, 6) is -0.0319. The van der Waals surface area contributed by atoms with Crippen molar-refractivity contribution in [3.8, 4) is 0 Å². The minimum Gasteiger partial charge on any atom is -0.356 e. The van der Waals surface area contributed by atoms with Crippen LogP contribution in [0.1, 0.15) is 6.42 Å². The molecule has 0 spiro atoms. The monoisotopic (exact) mass is 376 g/mol. The molecule has 0 bridgehead atoms. The topological polar surface area (TPSA) is 74.7 Å². The van der Waals surface area contributed by atoms with E-state index in [-0.39, 0.29) is 5.91 Å². The third-order valence-corrected chi connectivity index (χ3v) is 6.37. The summed E-state index contributed by atoms with van der Waals surface area (Å²) in [6.45, 7) is 2.77. The summed E-state index contributed by atoms with van der Waals surface area (Å²) in [7, 11) is -1.63. The number of sulfonamides is 1. The summed E-state index contributed by atoms with van der Waals surface area (Å²) >= 11 is 0. The van der Waals surface area contributed by atoms with Crippen LogP contribution in [-0.4, -0.2) is 60.8 Å².